The van der Waals surface area contributed by atoms with Crippen molar-refractivity contribution in [2.75, 3.05) is 39.3 Å². The molecule has 1 aromatic carbocycles. The van der Waals surface area contributed by atoms with Crippen molar-refractivity contribution in [3.63, 3.8) is 0 Å². The Hall–Kier alpha value is -1.79. The first-order chi connectivity index (χ1) is 13.5. The SMILES string of the molecule is CC(C)N1CCN(C2CCN(C(=O)N[C@@H]3C[C@@H](C)Oc4ccccc43)C2)CC1. The zero-order valence-corrected chi connectivity index (χ0v) is 17.4. The van der Waals surface area contributed by atoms with Crippen molar-refractivity contribution in [1.29, 1.82) is 0 Å². The third-order valence-corrected chi connectivity index (χ3v) is 6.53. The first-order valence-electron chi connectivity index (χ1n) is 10.8. The summed E-state index contributed by atoms with van der Waals surface area (Å²) in [5.41, 5.74) is 1.09. The molecule has 0 radical (unpaired) electrons. The van der Waals surface area contributed by atoms with Crippen LogP contribution < -0.4 is 10.1 Å². The summed E-state index contributed by atoms with van der Waals surface area (Å²) in [7, 11) is 0. The lowest BCUT2D eigenvalue weighted by Crippen LogP contribution is -2.53. The van der Waals surface area contributed by atoms with E-state index >= 15 is 0 Å². The number of amides is 2. The molecule has 154 valence electrons. The highest BCUT2D eigenvalue weighted by Crippen LogP contribution is 2.34. The smallest absolute Gasteiger partial charge is 0.317 e. The third kappa shape index (κ3) is 4.13. The first-order valence-corrected chi connectivity index (χ1v) is 10.8. The summed E-state index contributed by atoms with van der Waals surface area (Å²) in [6.45, 7) is 12.8. The highest BCUT2D eigenvalue weighted by molar-refractivity contribution is 5.75. The summed E-state index contributed by atoms with van der Waals surface area (Å²) in [6.07, 6.45) is 2.01. The molecular weight excluding hydrogens is 352 g/mol. The number of likely N-dealkylation sites (tertiary alicyclic amines) is 1. The fraction of sp³-hybridized carbons (Fsp3) is 0.682. The van der Waals surface area contributed by atoms with Crippen molar-refractivity contribution in [2.45, 2.75) is 57.8 Å². The molecule has 0 saturated carbocycles. The molecule has 0 spiro atoms. The Bertz CT molecular complexity index is 687. The molecule has 6 heteroatoms. The van der Waals surface area contributed by atoms with Crippen LogP contribution in [0.25, 0.3) is 0 Å². The minimum atomic E-state index is 0.0288. The molecule has 0 aliphatic carbocycles. The van der Waals surface area contributed by atoms with Crippen molar-refractivity contribution in [1.82, 2.24) is 20.0 Å². The quantitative estimate of drug-likeness (QED) is 0.868. The Morgan fingerprint density at radius 3 is 2.64 bits per heavy atom. The van der Waals surface area contributed by atoms with E-state index in [0.717, 1.165) is 63.4 Å². The summed E-state index contributed by atoms with van der Waals surface area (Å²) in [5.74, 6) is 0.897. The fourth-order valence-electron chi connectivity index (χ4n) is 4.82. The molecule has 0 bridgehead atoms. The largest absolute Gasteiger partial charge is 0.490 e. The molecule has 3 heterocycles. The molecule has 2 amide bonds. The van der Waals surface area contributed by atoms with E-state index in [1.54, 1.807) is 0 Å². The summed E-state index contributed by atoms with van der Waals surface area (Å²) in [5, 5.41) is 3.27. The highest BCUT2D eigenvalue weighted by atomic mass is 16.5. The molecule has 2 fully saturated rings. The molecule has 3 atom stereocenters. The number of fused-ring (bicyclic) bond motifs is 1. The van der Waals surface area contributed by atoms with Crippen LogP contribution in [0.15, 0.2) is 24.3 Å². The van der Waals surface area contributed by atoms with E-state index in [-0.39, 0.29) is 18.2 Å². The van der Waals surface area contributed by atoms with E-state index < -0.39 is 0 Å². The standard InChI is InChI=1S/C22H34N4O2/c1-16(2)24-10-12-25(13-11-24)18-8-9-26(15-18)22(27)23-20-14-17(3)28-21-7-5-4-6-19(20)21/h4-7,16-18,20H,8-15H2,1-3H3,(H,23,27)/t17-,18?,20-/m1/s1. The van der Waals surface area contributed by atoms with E-state index in [0.29, 0.717) is 12.1 Å². The zero-order valence-electron chi connectivity index (χ0n) is 17.4. The van der Waals surface area contributed by atoms with Crippen molar-refractivity contribution < 1.29 is 9.53 Å². The first kappa shape index (κ1) is 19.5. The van der Waals surface area contributed by atoms with Gasteiger partial charge >= 0.3 is 6.03 Å². The number of carbonyl (C=O) groups excluding carboxylic acids is 1. The molecular formula is C22H34N4O2. The Kier molecular flexibility index (Phi) is 5.78. The molecule has 3 aliphatic rings. The zero-order chi connectivity index (χ0) is 19.7. The van der Waals surface area contributed by atoms with E-state index in [1.807, 2.05) is 23.1 Å². The van der Waals surface area contributed by atoms with Crippen LogP contribution in [0.4, 0.5) is 4.79 Å². The number of rotatable bonds is 3. The van der Waals surface area contributed by atoms with Gasteiger partial charge in [0.25, 0.3) is 0 Å². The minimum absolute atomic E-state index is 0.0288. The van der Waals surface area contributed by atoms with Gasteiger partial charge in [-0.15, -0.1) is 0 Å². The van der Waals surface area contributed by atoms with Gasteiger partial charge in [-0.05, 0) is 33.3 Å². The van der Waals surface area contributed by atoms with Gasteiger partial charge < -0.3 is 15.0 Å². The Labute approximate surface area is 168 Å². The Morgan fingerprint density at radius 2 is 1.89 bits per heavy atom. The lowest BCUT2D eigenvalue weighted by atomic mass is 9.97. The number of nitrogens with one attached hydrogen (secondary N) is 1. The van der Waals surface area contributed by atoms with Crippen LogP contribution in [0, 0.1) is 0 Å². The number of ether oxygens (including phenoxy) is 1. The van der Waals surface area contributed by atoms with Crippen LogP contribution in [-0.4, -0.2) is 78.2 Å². The van der Waals surface area contributed by atoms with Gasteiger partial charge in [-0.1, -0.05) is 18.2 Å². The highest BCUT2D eigenvalue weighted by Gasteiger charge is 2.34. The maximum Gasteiger partial charge on any atom is 0.317 e. The number of hydrogen-bond acceptors (Lipinski definition) is 4. The number of para-hydroxylation sites is 1. The van der Waals surface area contributed by atoms with Crippen molar-refractivity contribution in [2.24, 2.45) is 0 Å². The van der Waals surface area contributed by atoms with Crippen LogP contribution in [0.1, 0.15) is 45.2 Å². The van der Waals surface area contributed by atoms with Gasteiger partial charge in [-0.2, -0.15) is 0 Å². The van der Waals surface area contributed by atoms with Gasteiger partial charge in [-0.25, -0.2) is 4.79 Å². The summed E-state index contributed by atoms with van der Waals surface area (Å²) in [4.78, 5) is 20.1. The molecule has 1 unspecified atom stereocenters. The van der Waals surface area contributed by atoms with Gasteiger partial charge in [0.2, 0.25) is 0 Å². The number of carbonyl (C=O) groups is 1. The van der Waals surface area contributed by atoms with Crippen LogP contribution >= 0.6 is 0 Å². The van der Waals surface area contributed by atoms with E-state index in [1.165, 1.54) is 0 Å². The second kappa shape index (κ2) is 8.29. The van der Waals surface area contributed by atoms with Gasteiger partial charge in [-0.3, -0.25) is 9.80 Å². The molecule has 28 heavy (non-hydrogen) atoms. The number of urea groups is 1. The predicted octanol–water partition coefficient (Wildman–Crippen LogP) is 2.71. The molecule has 6 nitrogen and oxygen atoms in total. The van der Waals surface area contributed by atoms with Crippen molar-refractivity contribution >= 4 is 6.03 Å². The lowest BCUT2D eigenvalue weighted by Gasteiger charge is -2.39. The predicted molar refractivity (Wildman–Crippen MR) is 111 cm³/mol. The Morgan fingerprint density at radius 1 is 1.14 bits per heavy atom. The van der Waals surface area contributed by atoms with E-state index in [4.69, 9.17) is 4.74 Å². The maximum atomic E-state index is 12.9. The molecule has 2 saturated heterocycles. The summed E-state index contributed by atoms with van der Waals surface area (Å²) >= 11 is 0. The van der Waals surface area contributed by atoms with Crippen LogP contribution in [0.2, 0.25) is 0 Å². The van der Waals surface area contributed by atoms with Crippen LogP contribution in [0.3, 0.4) is 0 Å². The topological polar surface area (TPSA) is 48.0 Å². The fourth-order valence-corrected chi connectivity index (χ4v) is 4.82. The second-order valence-corrected chi connectivity index (χ2v) is 8.76. The third-order valence-electron chi connectivity index (χ3n) is 6.53. The van der Waals surface area contributed by atoms with Crippen LogP contribution in [-0.2, 0) is 0 Å². The average Bonchev–Trinajstić information content (AvgIpc) is 3.18. The number of piperazine rings is 1. The van der Waals surface area contributed by atoms with Gasteiger partial charge in [0.05, 0.1) is 12.1 Å². The number of nitrogens with zero attached hydrogens (tertiary/aromatic N) is 3. The number of hydrogen-bond donors (Lipinski definition) is 1. The second-order valence-electron chi connectivity index (χ2n) is 8.76. The molecule has 0 aromatic heterocycles. The molecule has 3 aliphatic heterocycles. The normalized spacial score (nSPS) is 28.9. The van der Waals surface area contributed by atoms with Crippen molar-refractivity contribution in [3.8, 4) is 5.75 Å². The van der Waals surface area contributed by atoms with Crippen LogP contribution in [0.5, 0.6) is 5.75 Å². The summed E-state index contributed by atoms with van der Waals surface area (Å²) in [6, 6.07) is 9.27. The number of benzene rings is 1. The molecule has 1 N–H and O–H groups in total. The molecule has 4 rings (SSSR count). The minimum Gasteiger partial charge on any atom is -0.490 e. The van der Waals surface area contributed by atoms with Crippen molar-refractivity contribution in [3.05, 3.63) is 29.8 Å². The maximum absolute atomic E-state index is 12.9. The monoisotopic (exact) mass is 386 g/mol. The summed E-state index contributed by atoms with van der Waals surface area (Å²) < 4.78 is 5.92. The Balaban J connectivity index is 1.32. The molecule has 1 aromatic rings. The van der Waals surface area contributed by atoms with E-state index in [2.05, 4.69) is 42.0 Å². The lowest BCUT2D eigenvalue weighted by molar-refractivity contribution is 0.0808. The van der Waals surface area contributed by atoms with Gasteiger partial charge in [0.1, 0.15) is 5.75 Å². The van der Waals surface area contributed by atoms with Gasteiger partial charge in [0, 0.05) is 63.3 Å². The van der Waals surface area contributed by atoms with Gasteiger partial charge in [0.15, 0.2) is 0 Å². The average molecular weight is 387 g/mol. The van der Waals surface area contributed by atoms with E-state index in [9.17, 15) is 4.79 Å².